The van der Waals surface area contributed by atoms with Crippen molar-refractivity contribution in [3.8, 4) is 0 Å². The first kappa shape index (κ1) is 13.7. The normalized spacial score (nSPS) is 28.0. The van der Waals surface area contributed by atoms with Crippen LogP contribution >= 0.6 is 0 Å². The van der Waals surface area contributed by atoms with Crippen molar-refractivity contribution < 1.29 is 14.6 Å². The van der Waals surface area contributed by atoms with Gasteiger partial charge in [0.25, 0.3) is 5.91 Å². The maximum atomic E-state index is 12.8. The molecule has 2 aliphatic rings. The van der Waals surface area contributed by atoms with E-state index in [9.17, 15) is 9.90 Å². The van der Waals surface area contributed by atoms with Gasteiger partial charge in [-0.1, -0.05) is 0 Å². The number of aliphatic hydroxyl groups excluding tert-OH is 1. The van der Waals surface area contributed by atoms with Crippen LogP contribution in [0.4, 0.5) is 0 Å². The molecular formula is C15H18N4O3. The number of carbonyl (C=O) groups excluding carboxylic acids is 1. The predicted octanol–water partition coefficient (Wildman–Crippen LogP) is 0.341. The second-order valence-corrected chi connectivity index (χ2v) is 5.95. The summed E-state index contributed by atoms with van der Waals surface area (Å²) < 4.78 is 7.51. The Balaban J connectivity index is 1.61. The molecular weight excluding hydrogens is 284 g/mol. The van der Waals surface area contributed by atoms with Gasteiger partial charge in [0.15, 0.2) is 0 Å². The zero-order chi connectivity index (χ0) is 15.1. The lowest BCUT2D eigenvalue weighted by Gasteiger charge is -2.37. The number of aromatic nitrogens is 3. The maximum absolute atomic E-state index is 12.8. The highest BCUT2D eigenvalue weighted by atomic mass is 16.5. The predicted molar refractivity (Wildman–Crippen MR) is 77.4 cm³/mol. The number of ether oxygens (including phenoxy) is 1. The third-order valence-electron chi connectivity index (χ3n) is 4.61. The average Bonchev–Trinajstić information content (AvgIpc) is 3.16. The smallest absolute Gasteiger partial charge is 0.274 e. The summed E-state index contributed by atoms with van der Waals surface area (Å²) in [6, 6.07) is 1.84. The highest BCUT2D eigenvalue weighted by Crippen LogP contribution is 2.34. The molecule has 1 unspecified atom stereocenters. The molecule has 116 valence electrons. The van der Waals surface area contributed by atoms with E-state index >= 15 is 0 Å². The molecule has 1 saturated carbocycles. The number of fused-ring (bicyclic) bond motifs is 2. The Morgan fingerprint density at radius 1 is 1.45 bits per heavy atom. The Morgan fingerprint density at radius 3 is 3.18 bits per heavy atom. The summed E-state index contributed by atoms with van der Waals surface area (Å²) in [4.78, 5) is 23.1. The number of morpholine rings is 1. The summed E-state index contributed by atoms with van der Waals surface area (Å²) in [7, 11) is 0. The number of rotatable bonds is 2. The van der Waals surface area contributed by atoms with Crippen LogP contribution in [0.1, 0.15) is 23.3 Å². The lowest BCUT2D eigenvalue weighted by atomic mass is 10.1. The number of nitrogens with zero attached hydrogens (tertiary/aromatic N) is 4. The molecule has 1 aliphatic carbocycles. The van der Waals surface area contributed by atoms with Crippen LogP contribution in [0.3, 0.4) is 0 Å². The number of aliphatic hydroxyl groups is 1. The second kappa shape index (κ2) is 5.33. The summed E-state index contributed by atoms with van der Waals surface area (Å²) in [5, 5.41) is 9.37. The summed E-state index contributed by atoms with van der Waals surface area (Å²) in [6.45, 7) is 1.26. The monoisotopic (exact) mass is 302 g/mol. The van der Waals surface area contributed by atoms with E-state index in [-0.39, 0.29) is 30.6 Å². The number of carbonyl (C=O) groups is 1. The first-order valence-corrected chi connectivity index (χ1v) is 7.59. The second-order valence-electron chi connectivity index (χ2n) is 5.95. The van der Waals surface area contributed by atoms with Gasteiger partial charge in [-0.05, 0) is 24.8 Å². The van der Waals surface area contributed by atoms with Crippen LogP contribution in [-0.4, -0.2) is 62.2 Å². The quantitative estimate of drug-likeness (QED) is 0.865. The first-order valence-electron chi connectivity index (χ1n) is 7.59. The van der Waals surface area contributed by atoms with Crippen molar-refractivity contribution in [3.63, 3.8) is 0 Å². The van der Waals surface area contributed by atoms with Gasteiger partial charge in [-0.3, -0.25) is 9.20 Å². The van der Waals surface area contributed by atoms with Crippen LogP contribution in [0, 0.1) is 5.92 Å². The Bertz CT molecular complexity index is 668. The van der Waals surface area contributed by atoms with Crippen molar-refractivity contribution in [2.75, 3.05) is 19.8 Å². The minimum atomic E-state index is -0.0811. The van der Waals surface area contributed by atoms with Crippen molar-refractivity contribution >= 4 is 11.7 Å². The van der Waals surface area contributed by atoms with Crippen LogP contribution in [0.25, 0.3) is 5.78 Å². The standard InChI is InChI=1S/C15H18N4O3/c20-9-10-6-12-13(7-10)22-5-4-19(12)14(21)11-8-18-3-1-2-16-15(18)17-11/h1-3,8,10,12-13,20H,4-7,9H2/t10-,12+,13?/m1/s1. The number of imidazole rings is 1. The SMILES string of the molecule is O=C(c1cn2cccnc2n1)N1CCOC2C[C@H](CO)C[C@@H]21. The summed E-state index contributed by atoms with van der Waals surface area (Å²) >= 11 is 0. The van der Waals surface area contributed by atoms with Gasteiger partial charge in [-0.15, -0.1) is 0 Å². The molecule has 2 aromatic rings. The van der Waals surface area contributed by atoms with E-state index in [0.29, 0.717) is 24.6 Å². The Morgan fingerprint density at radius 2 is 2.36 bits per heavy atom. The molecule has 22 heavy (non-hydrogen) atoms. The zero-order valence-corrected chi connectivity index (χ0v) is 12.1. The molecule has 7 nitrogen and oxygen atoms in total. The van der Waals surface area contributed by atoms with Gasteiger partial charge in [-0.2, -0.15) is 0 Å². The molecule has 0 aromatic carbocycles. The minimum Gasteiger partial charge on any atom is -0.396 e. The summed E-state index contributed by atoms with van der Waals surface area (Å²) in [6.07, 6.45) is 6.84. The van der Waals surface area contributed by atoms with Gasteiger partial charge in [0, 0.05) is 31.7 Å². The van der Waals surface area contributed by atoms with E-state index in [1.807, 2.05) is 11.1 Å². The summed E-state index contributed by atoms with van der Waals surface area (Å²) in [5.74, 6) is 0.656. The largest absolute Gasteiger partial charge is 0.396 e. The zero-order valence-electron chi connectivity index (χ0n) is 12.1. The molecule has 0 bridgehead atoms. The Kier molecular flexibility index (Phi) is 3.31. The number of hydrogen-bond acceptors (Lipinski definition) is 5. The third kappa shape index (κ3) is 2.17. The van der Waals surface area contributed by atoms with Crippen LogP contribution in [0.2, 0.25) is 0 Å². The molecule has 1 N–H and O–H groups in total. The molecule has 2 fully saturated rings. The van der Waals surface area contributed by atoms with Gasteiger partial charge in [-0.25, -0.2) is 9.97 Å². The maximum Gasteiger partial charge on any atom is 0.274 e. The van der Waals surface area contributed by atoms with E-state index in [1.165, 1.54) is 0 Å². The van der Waals surface area contributed by atoms with Crippen molar-refractivity contribution in [1.29, 1.82) is 0 Å². The van der Waals surface area contributed by atoms with Gasteiger partial charge in [0.2, 0.25) is 5.78 Å². The van der Waals surface area contributed by atoms with E-state index in [4.69, 9.17) is 4.74 Å². The van der Waals surface area contributed by atoms with E-state index in [1.54, 1.807) is 22.9 Å². The summed E-state index contributed by atoms with van der Waals surface area (Å²) in [5.41, 5.74) is 0.409. The molecule has 0 spiro atoms. The molecule has 3 atom stereocenters. The van der Waals surface area contributed by atoms with E-state index in [0.717, 1.165) is 12.8 Å². The first-order chi connectivity index (χ1) is 10.8. The van der Waals surface area contributed by atoms with Crippen molar-refractivity contribution in [1.82, 2.24) is 19.3 Å². The van der Waals surface area contributed by atoms with E-state index in [2.05, 4.69) is 9.97 Å². The lowest BCUT2D eigenvalue weighted by Crippen LogP contribution is -2.51. The van der Waals surface area contributed by atoms with E-state index < -0.39 is 0 Å². The topological polar surface area (TPSA) is 80.0 Å². The molecule has 0 radical (unpaired) electrons. The van der Waals surface area contributed by atoms with Crippen LogP contribution < -0.4 is 0 Å². The lowest BCUT2D eigenvalue weighted by molar-refractivity contribution is -0.0450. The molecule has 2 aromatic heterocycles. The van der Waals surface area contributed by atoms with Crippen molar-refractivity contribution in [2.45, 2.75) is 25.0 Å². The number of hydrogen-bond donors (Lipinski definition) is 1. The molecule has 1 aliphatic heterocycles. The number of amides is 1. The van der Waals surface area contributed by atoms with Crippen LogP contribution in [0.5, 0.6) is 0 Å². The molecule has 4 rings (SSSR count). The van der Waals surface area contributed by atoms with Crippen molar-refractivity contribution in [3.05, 3.63) is 30.4 Å². The highest BCUT2D eigenvalue weighted by molar-refractivity contribution is 5.93. The Labute approximate surface area is 127 Å². The highest BCUT2D eigenvalue weighted by Gasteiger charge is 2.43. The van der Waals surface area contributed by atoms with Gasteiger partial charge >= 0.3 is 0 Å². The fourth-order valence-corrected chi connectivity index (χ4v) is 3.53. The molecule has 1 saturated heterocycles. The minimum absolute atomic E-state index is 0.0324. The van der Waals surface area contributed by atoms with Gasteiger partial charge in [0.05, 0.1) is 18.8 Å². The van der Waals surface area contributed by atoms with Crippen molar-refractivity contribution in [2.24, 2.45) is 5.92 Å². The fourth-order valence-electron chi connectivity index (χ4n) is 3.53. The van der Waals surface area contributed by atoms with Gasteiger partial charge in [0.1, 0.15) is 5.69 Å². The van der Waals surface area contributed by atoms with Crippen LogP contribution in [0.15, 0.2) is 24.7 Å². The molecule has 3 heterocycles. The average molecular weight is 302 g/mol. The fraction of sp³-hybridized carbons (Fsp3) is 0.533. The molecule has 7 heteroatoms. The van der Waals surface area contributed by atoms with Crippen LogP contribution in [-0.2, 0) is 4.74 Å². The third-order valence-corrected chi connectivity index (χ3v) is 4.61. The Hall–Kier alpha value is -1.99. The van der Waals surface area contributed by atoms with Gasteiger partial charge < -0.3 is 14.7 Å². The molecule has 1 amide bonds.